The number of rotatable bonds is 5. The van der Waals surface area contributed by atoms with Crippen LogP contribution >= 0.6 is 11.6 Å². The summed E-state index contributed by atoms with van der Waals surface area (Å²) in [4.78, 5) is 15.9. The molecular formula is C14H15ClN4O. The van der Waals surface area contributed by atoms with Gasteiger partial charge in [0.1, 0.15) is 0 Å². The van der Waals surface area contributed by atoms with Crippen LogP contribution in [0.5, 0.6) is 0 Å². The van der Waals surface area contributed by atoms with Gasteiger partial charge < -0.3 is 5.32 Å². The molecule has 5 nitrogen and oxygen atoms in total. The minimum Gasteiger partial charge on any atom is -0.383 e. The zero-order valence-electron chi connectivity index (χ0n) is 10.9. The second-order valence-corrected chi connectivity index (χ2v) is 5.44. The molecule has 1 aliphatic rings. The van der Waals surface area contributed by atoms with E-state index in [1.165, 1.54) is 17.5 Å². The quantitative estimate of drug-likeness (QED) is 0.917. The monoisotopic (exact) mass is 290 g/mol. The standard InChI is InChI=1S/C14H15ClN4O/c15-13-8-16-4-3-11(13)9-19-14(20)5-12(7-18-19)17-6-10-1-2-10/h3-5,7-8,10,17H,1-2,6,9H2. The first-order valence-corrected chi connectivity index (χ1v) is 6.99. The van der Waals surface area contributed by atoms with Crippen molar-refractivity contribution in [2.75, 3.05) is 11.9 Å². The molecule has 1 N–H and O–H groups in total. The lowest BCUT2D eigenvalue weighted by atomic mass is 10.2. The van der Waals surface area contributed by atoms with Gasteiger partial charge in [0, 0.05) is 25.0 Å². The van der Waals surface area contributed by atoms with Crippen molar-refractivity contribution < 1.29 is 0 Å². The van der Waals surface area contributed by atoms with Crippen LogP contribution in [0.25, 0.3) is 0 Å². The van der Waals surface area contributed by atoms with Crippen molar-refractivity contribution in [2.45, 2.75) is 19.4 Å². The first kappa shape index (κ1) is 13.1. The highest BCUT2D eigenvalue weighted by atomic mass is 35.5. The van der Waals surface area contributed by atoms with Gasteiger partial charge in [0.15, 0.2) is 0 Å². The van der Waals surface area contributed by atoms with Crippen LogP contribution < -0.4 is 10.9 Å². The number of hydrogen-bond donors (Lipinski definition) is 1. The van der Waals surface area contributed by atoms with Crippen LogP contribution in [0.4, 0.5) is 5.69 Å². The van der Waals surface area contributed by atoms with Crippen molar-refractivity contribution >= 4 is 17.3 Å². The fraction of sp³-hybridized carbons (Fsp3) is 0.357. The number of aromatic nitrogens is 3. The van der Waals surface area contributed by atoms with Crippen LogP contribution in [-0.2, 0) is 6.54 Å². The van der Waals surface area contributed by atoms with Crippen LogP contribution in [0.1, 0.15) is 18.4 Å². The molecule has 0 aromatic carbocycles. The Morgan fingerprint density at radius 3 is 2.95 bits per heavy atom. The lowest BCUT2D eigenvalue weighted by Crippen LogP contribution is -2.23. The van der Waals surface area contributed by atoms with E-state index in [4.69, 9.17) is 11.6 Å². The molecule has 1 aliphatic carbocycles. The van der Waals surface area contributed by atoms with Crippen LogP contribution in [-0.4, -0.2) is 21.3 Å². The molecule has 1 fully saturated rings. The normalized spacial score (nSPS) is 14.2. The van der Waals surface area contributed by atoms with Crippen molar-refractivity contribution in [2.24, 2.45) is 5.92 Å². The molecule has 2 aromatic rings. The fourth-order valence-corrected chi connectivity index (χ4v) is 2.11. The summed E-state index contributed by atoms with van der Waals surface area (Å²) in [5.74, 6) is 0.757. The highest BCUT2D eigenvalue weighted by molar-refractivity contribution is 6.31. The molecule has 0 saturated heterocycles. The lowest BCUT2D eigenvalue weighted by molar-refractivity contribution is 0.639. The van der Waals surface area contributed by atoms with Gasteiger partial charge in [-0.15, -0.1) is 0 Å². The van der Waals surface area contributed by atoms with E-state index in [9.17, 15) is 4.79 Å². The second-order valence-electron chi connectivity index (χ2n) is 5.03. The Labute approximate surface area is 121 Å². The van der Waals surface area contributed by atoms with E-state index in [2.05, 4.69) is 15.4 Å². The van der Waals surface area contributed by atoms with Gasteiger partial charge in [-0.25, -0.2) is 4.68 Å². The maximum absolute atomic E-state index is 12.0. The van der Waals surface area contributed by atoms with Crippen molar-refractivity contribution in [3.63, 3.8) is 0 Å². The van der Waals surface area contributed by atoms with Gasteiger partial charge in [0.25, 0.3) is 5.56 Å². The maximum Gasteiger partial charge on any atom is 0.269 e. The molecule has 1 saturated carbocycles. The van der Waals surface area contributed by atoms with E-state index >= 15 is 0 Å². The molecule has 0 bridgehead atoms. The van der Waals surface area contributed by atoms with E-state index in [0.29, 0.717) is 11.6 Å². The van der Waals surface area contributed by atoms with Crippen LogP contribution in [0, 0.1) is 5.92 Å². The molecule has 0 aliphatic heterocycles. The number of pyridine rings is 1. The molecule has 3 rings (SSSR count). The van der Waals surface area contributed by atoms with Crippen molar-refractivity contribution in [3.8, 4) is 0 Å². The van der Waals surface area contributed by atoms with Gasteiger partial charge in [-0.1, -0.05) is 11.6 Å². The molecule has 2 aromatic heterocycles. The molecule has 0 unspecified atom stereocenters. The lowest BCUT2D eigenvalue weighted by Gasteiger charge is -2.08. The van der Waals surface area contributed by atoms with Gasteiger partial charge in [0.2, 0.25) is 0 Å². The summed E-state index contributed by atoms with van der Waals surface area (Å²) in [6, 6.07) is 3.36. The third-order valence-corrected chi connectivity index (χ3v) is 3.68. The zero-order chi connectivity index (χ0) is 13.9. The summed E-state index contributed by atoms with van der Waals surface area (Å²) in [6.45, 7) is 1.27. The Morgan fingerprint density at radius 2 is 2.25 bits per heavy atom. The summed E-state index contributed by atoms with van der Waals surface area (Å²) < 4.78 is 1.39. The van der Waals surface area contributed by atoms with Crippen molar-refractivity contribution in [1.82, 2.24) is 14.8 Å². The minimum atomic E-state index is -0.140. The van der Waals surface area contributed by atoms with Gasteiger partial charge in [-0.05, 0) is 30.4 Å². The maximum atomic E-state index is 12.0. The molecule has 20 heavy (non-hydrogen) atoms. The summed E-state index contributed by atoms with van der Waals surface area (Å²) in [6.07, 6.45) is 7.44. The first-order chi connectivity index (χ1) is 9.72. The van der Waals surface area contributed by atoms with E-state index in [1.807, 2.05) is 0 Å². The Bertz CT molecular complexity index is 666. The third kappa shape index (κ3) is 3.17. The van der Waals surface area contributed by atoms with Gasteiger partial charge in [-0.3, -0.25) is 9.78 Å². The SMILES string of the molecule is O=c1cc(NCC2CC2)cnn1Cc1ccncc1Cl. The average molecular weight is 291 g/mol. The Kier molecular flexibility index (Phi) is 3.69. The van der Waals surface area contributed by atoms with Crippen molar-refractivity contribution in [3.05, 3.63) is 51.7 Å². The molecule has 104 valence electrons. The molecule has 0 spiro atoms. The summed E-state index contributed by atoms with van der Waals surface area (Å²) in [5.41, 5.74) is 1.47. The molecule has 0 radical (unpaired) electrons. The van der Waals surface area contributed by atoms with E-state index in [0.717, 1.165) is 23.7 Å². The van der Waals surface area contributed by atoms with Gasteiger partial charge >= 0.3 is 0 Å². The molecule has 6 heteroatoms. The zero-order valence-corrected chi connectivity index (χ0v) is 11.7. The topological polar surface area (TPSA) is 59.8 Å². The van der Waals surface area contributed by atoms with E-state index < -0.39 is 0 Å². The highest BCUT2D eigenvalue weighted by Crippen LogP contribution is 2.28. The third-order valence-electron chi connectivity index (χ3n) is 3.34. The summed E-state index contributed by atoms with van der Waals surface area (Å²) >= 11 is 6.03. The predicted octanol–water partition coefficient (Wildman–Crippen LogP) is 2.16. The van der Waals surface area contributed by atoms with Gasteiger partial charge in [0.05, 0.1) is 23.5 Å². The predicted molar refractivity (Wildman–Crippen MR) is 78.1 cm³/mol. The minimum absolute atomic E-state index is 0.140. The highest BCUT2D eigenvalue weighted by Gasteiger charge is 2.20. The summed E-state index contributed by atoms with van der Waals surface area (Å²) in [5, 5.41) is 7.95. The number of halogens is 1. The number of anilines is 1. The molecule has 0 atom stereocenters. The smallest absolute Gasteiger partial charge is 0.269 e. The van der Waals surface area contributed by atoms with Crippen LogP contribution in [0.3, 0.4) is 0 Å². The Hall–Kier alpha value is -1.88. The number of nitrogens with one attached hydrogen (secondary N) is 1. The first-order valence-electron chi connectivity index (χ1n) is 6.62. The molecule has 2 heterocycles. The van der Waals surface area contributed by atoms with Crippen LogP contribution in [0.15, 0.2) is 35.5 Å². The largest absolute Gasteiger partial charge is 0.383 e. The number of nitrogens with zero attached hydrogens (tertiary/aromatic N) is 3. The molecule has 0 amide bonds. The van der Waals surface area contributed by atoms with E-state index in [1.54, 1.807) is 30.7 Å². The second kappa shape index (κ2) is 5.63. The molecular weight excluding hydrogens is 276 g/mol. The van der Waals surface area contributed by atoms with Gasteiger partial charge in [-0.2, -0.15) is 5.10 Å². The average Bonchev–Trinajstić information content (AvgIpc) is 3.26. The fourth-order valence-electron chi connectivity index (χ4n) is 1.93. The van der Waals surface area contributed by atoms with Crippen LogP contribution in [0.2, 0.25) is 5.02 Å². The Morgan fingerprint density at radius 1 is 1.40 bits per heavy atom. The van der Waals surface area contributed by atoms with Crippen molar-refractivity contribution in [1.29, 1.82) is 0 Å². The summed E-state index contributed by atoms with van der Waals surface area (Å²) in [7, 11) is 0. The Balaban J connectivity index is 1.73. The number of hydrogen-bond acceptors (Lipinski definition) is 4. The van der Waals surface area contributed by atoms with E-state index in [-0.39, 0.29) is 5.56 Å².